The third kappa shape index (κ3) is 3.70. The monoisotopic (exact) mass is 276 g/mol. The van der Waals surface area contributed by atoms with Gasteiger partial charge in [-0.05, 0) is 19.0 Å². The van der Waals surface area contributed by atoms with Crippen LogP contribution < -0.4 is 5.32 Å². The molecule has 0 spiro atoms. The van der Waals surface area contributed by atoms with Crippen LogP contribution in [0.1, 0.15) is 30.6 Å². The summed E-state index contributed by atoms with van der Waals surface area (Å²) in [5.41, 5.74) is 1.60. The normalized spacial score (nSPS) is 16.2. The van der Waals surface area contributed by atoms with Crippen molar-refractivity contribution in [3.05, 3.63) is 24.0 Å². The fraction of sp³-hybridized carbons (Fsp3) is 0.600. The summed E-state index contributed by atoms with van der Waals surface area (Å²) in [7, 11) is 0. The van der Waals surface area contributed by atoms with Gasteiger partial charge in [0.25, 0.3) is 5.91 Å². The highest BCUT2D eigenvalue weighted by atomic mass is 16.2. The molecule has 0 unspecified atom stereocenters. The van der Waals surface area contributed by atoms with E-state index in [1.54, 1.807) is 12.4 Å². The van der Waals surface area contributed by atoms with Gasteiger partial charge in [0.2, 0.25) is 0 Å². The summed E-state index contributed by atoms with van der Waals surface area (Å²) >= 11 is 0. The molecule has 20 heavy (non-hydrogen) atoms. The lowest BCUT2D eigenvalue weighted by Crippen LogP contribution is -2.48. The van der Waals surface area contributed by atoms with Crippen LogP contribution in [0.15, 0.2) is 18.5 Å². The highest BCUT2D eigenvalue weighted by Crippen LogP contribution is 2.12. The Hall–Kier alpha value is -1.62. The number of pyridine rings is 1. The molecule has 0 bridgehead atoms. The van der Waals surface area contributed by atoms with Crippen LogP contribution in [0.2, 0.25) is 0 Å². The van der Waals surface area contributed by atoms with E-state index in [2.05, 4.69) is 29.0 Å². The summed E-state index contributed by atoms with van der Waals surface area (Å²) < 4.78 is 0. The first-order valence-corrected chi connectivity index (χ1v) is 7.45. The number of hydrogen-bond acceptors (Lipinski definition) is 4. The predicted octanol–water partition coefficient (Wildman–Crippen LogP) is 1.68. The minimum Gasteiger partial charge on any atom is -0.384 e. The molecular weight excluding hydrogens is 252 g/mol. The summed E-state index contributed by atoms with van der Waals surface area (Å²) in [6.45, 7) is 9.76. The average molecular weight is 276 g/mol. The molecule has 1 saturated heterocycles. The molecule has 1 aliphatic heterocycles. The van der Waals surface area contributed by atoms with E-state index in [0.29, 0.717) is 5.56 Å². The fourth-order valence-electron chi connectivity index (χ4n) is 2.37. The third-order valence-corrected chi connectivity index (χ3v) is 3.67. The number of rotatable bonds is 5. The molecule has 110 valence electrons. The van der Waals surface area contributed by atoms with Gasteiger partial charge in [-0.15, -0.1) is 0 Å². The van der Waals surface area contributed by atoms with E-state index in [9.17, 15) is 4.79 Å². The second kappa shape index (κ2) is 7.24. The van der Waals surface area contributed by atoms with Crippen molar-refractivity contribution in [2.75, 3.05) is 44.6 Å². The van der Waals surface area contributed by atoms with Crippen LogP contribution in [0.25, 0.3) is 0 Å². The molecule has 1 N–H and O–H groups in total. The van der Waals surface area contributed by atoms with Gasteiger partial charge < -0.3 is 15.1 Å². The van der Waals surface area contributed by atoms with Gasteiger partial charge in [-0.1, -0.05) is 13.8 Å². The van der Waals surface area contributed by atoms with Crippen molar-refractivity contribution >= 4 is 11.6 Å². The number of piperazine rings is 1. The number of aromatic nitrogens is 1. The Bertz CT molecular complexity index is 441. The summed E-state index contributed by atoms with van der Waals surface area (Å²) in [6.07, 6.45) is 4.48. The van der Waals surface area contributed by atoms with E-state index < -0.39 is 0 Å². The molecule has 1 aromatic rings. The Morgan fingerprint density at radius 1 is 1.25 bits per heavy atom. The Labute approximate surface area is 121 Å². The number of carbonyl (C=O) groups excluding carboxylic acids is 1. The molecule has 0 atom stereocenters. The molecule has 5 heteroatoms. The van der Waals surface area contributed by atoms with E-state index in [0.717, 1.165) is 51.4 Å². The van der Waals surface area contributed by atoms with Crippen LogP contribution >= 0.6 is 0 Å². The number of likely N-dealkylation sites (N-methyl/N-ethyl adjacent to an activating group) is 1. The maximum Gasteiger partial charge on any atom is 0.255 e. The second-order valence-electron chi connectivity index (χ2n) is 5.12. The lowest BCUT2D eigenvalue weighted by Gasteiger charge is -2.34. The molecule has 2 rings (SSSR count). The predicted molar refractivity (Wildman–Crippen MR) is 81.0 cm³/mol. The van der Waals surface area contributed by atoms with Gasteiger partial charge in [-0.3, -0.25) is 9.78 Å². The van der Waals surface area contributed by atoms with E-state index in [1.807, 2.05) is 11.0 Å². The van der Waals surface area contributed by atoms with Gasteiger partial charge in [0.15, 0.2) is 0 Å². The first-order chi connectivity index (χ1) is 9.74. The Balaban J connectivity index is 1.98. The Kier molecular flexibility index (Phi) is 5.35. The second-order valence-corrected chi connectivity index (χ2v) is 5.12. The van der Waals surface area contributed by atoms with E-state index in [-0.39, 0.29) is 5.91 Å². The topological polar surface area (TPSA) is 48.5 Å². The molecule has 1 amide bonds. The number of nitrogens with one attached hydrogen (secondary N) is 1. The number of carbonyl (C=O) groups is 1. The van der Waals surface area contributed by atoms with Crippen LogP contribution in [0.5, 0.6) is 0 Å². The van der Waals surface area contributed by atoms with Crippen molar-refractivity contribution < 1.29 is 4.79 Å². The maximum atomic E-state index is 12.5. The molecule has 1 aliphatic rings. The standard InChI is InChI=1S/C15H24N4O/c1-3-5-17-14-10-13(11-16-12-14)15(20)19-8-6-18(4-2)7-9-19/h10-12,17H,3-9H2,1-2H3. The summed E-state index contributed by atoms with van der Waals surface area (Å²) in [6, 6.07) is 1.90. The van der Waals surface area contributed by atoms with Crippen LogP contribution in [0, 0.1) is 0 Å². The van der Waals surface area contributed by atoms with Crippen molar-refractivity contribution in [3.63, 3.8) is 0 Å². The van der Waals surface area contributed by atoms with Crippen molar-refractivity contribution in [3.8, 4) is 0 Å². The molecule has 0 aliphatic carbocycles. The lowest BCUT2D eigenvalue weighted by molar-refractivity contribution is 0.0643. The van der Waals surface area contributed by atoms with Crippen LogP contribution in [0.4, 0.5) is 5.69 Å². The first-order valence-electron chi connectivity index (χ1n) is 7.45. The van der Waals surface area contributed by atoms with Crippen molar-refractivity contribution in [1.29, 1.82) is 0 Å². The van der Waals surface area contributed by atoms with Crippen molar-refractivity contribution in [2.45, 2.75) is 20.3 Å². The van der Waals surface area contributed by atoms with Crippen LogP contribution in [0.3, 0.4) is 0 Å². The molecule has 0 saturated carbocycles. The van der Waals surface area contributed by atoms with Crippen LogP contribution in [-0.4, -0.2) is 60.0 Å². The number of hydrogen-bond donors (Lipinski definition) is 1. The highest BCUT2D eigenvalue weighted by Gasteiger charge is 2.21. The molecular formula is C15H24N4O. The summed E-state index contributed by atoms with van der Waals surface area (Å²) in [5, 5.41) is 3.27. The Morgan fingerprint density at radius 3 is 2.65 bits per heavy atom. The summed E-state index contributed by atoms with van der Waals surface area (Å²) in [5.74, 6) is 0.0911. The van der Waals surface area contributed by atoms with E-state index in [1.165, 1.54) is 0 Å². The van der Waals surface area contributed by atoms with Crippen molar-refractivity contribution in [1.82, 2.24) is 14.8 Å². The molecule has 2 heterocycles. The SMILES string of the molecule is CCCNc1cncc(C(=O)N2CCN(CC)CC2)c1. The lowest BCUT2D eigenvalue weighted by atomic mass is 10.2. The highest BCUT2D eigenvalue weighted by molar-refractivity contribution is 5.94. The summed E-state index contributed by atoms with van der Waals surface area (Å²) in [4.78, 5) is 20.9. The van der Waals surface area contributed by atoms with Gasteiger partial charge in [0.1, 0.15) is 0 Å². The minimum atomic E-state index is 0.0911. The van der Waals surface area contributed by atoms with E-state index >= 15 is 0 Å². The van der Waals surface area contributed by atoms with Gasteiger partial charge in [-0.2, -0.15) is 0 Å². The van der Waals surface area contributed by atoms with Gasteiger partial charge in [0, 0.05) is 45.1 Å². The van der Waals surface area contributed by atoms with Crippen molar-refractivity contribution in [2.24, 2.45) is 0 Å². The molecule has 0 aromatic carbocycles. The van der Waals surface area contributed by atoms with Gasteiger partial charge >= 0.3 is 0 Å². The number of nitrogens with zero attached hydrogens (tertiary/aromatic N) is 3. The fourth-order valence-corrected chi connectivity index (χ4v) is 2.37. The van der Waals surface area contributed by atoms with Crippen LogP contribution in [-0.2, 0) is 0 Å². The van der Waals surface area contributed by atoms with Gasteiger partial charge in [0.05, 0.1) is 11.3 Å². The smallest absolute Gasteiger partial charge is 0.255 e. The minimum absolute atomic E-state index is 0.0911. The average Bonchev–Trinajstić information content (AvgIpc) is 2.52. The Morgan fingerprint density at radius 2 is 2.00 bits per heavy atom. The van der Waals surface area contributed by atoms with Gasteiger partial charge in [-0.25, -0.2) is 0 Å². The molecule has 1 aromatic heterocycles. The maximum absolute atomic E-state index is 12.5. The first kappa shape index (κ1) is 14.8. The zero-order valence-electron chi connectivity index (χ0n) is 12.4. The largest absolute Gasteiger partial charge is 0.384 e. The molecule has 0 radical (unpaired) electrons. The number of anilines is 1. The number of amides is 1. The molecule has 5 nitrogen and oxygen atoms in total. The molecule has 1 fully saturated rings. The zero-order valence-corrected chi connectivity index (χ0v) is 12.4. The zero-order chi connectivity index (χ0) is 14.4. The quantitative estimate of drug-likeness (QED) is 0.889. The third-order valence-electron chi connectivity index (χ3n) is 3.67. The van der Waals surface area contributed by atoms with E-state index in [4.69, 9.17) is 0 Å².